The molecule has 0 fully saturated rings. The van der Waals surface area contributed by atoms with Crippen molar-refractivity contribution in [3.8, 4) is 0 Å². The van der Waals surface area contributed by atoms with E-state index in [4.69, 9.17) is 16.4 Å². The molecule has 0 amide bonds. The molecule has 15 heavy (non-hydrogen) atoms. The van der Waals surface area contributed by atoms with E-state index < -0.39 is 23.6 Å². The summed E-state index contributed by atoms with van der Waals surface area (Å²) in [4.78, 5) is 24.7. The van der Waals surface area contributed by atoms with Gasteiger partial charge >= 0.3 is 18.0 Å². The van der Waals surface area contributed by atoms with Crippen molar-refractivity contribution in [1.82, 2.24) is 0 Å². The molecule has 1 N–H and O–H groups in total. The summed E-state index contributed by atoms with van der Waals surface area (Å²) in [5.41, 5.74) is -0.650. The molecule has 1 unspecified atom stereocenters. The van der Waals surface area contributed by atoms with Crippen molar-refractivity contribution >= 4 is 11.9 Å². The lowest BCUT2D eigenvalue weighted by Crippen LogP contribution is -2.30. The van der Waals surface area contributed by atoms with E-state index >= 15 is 0 Å². The molecule has 0 aliphatic rings. The van der Waals surface area contributed by atoms with Crippen molar-refractivity contribution in [1.29, 1.82) is 0 Å². The van der Waals surface area contributed by atoms with Crippen LogP contribution in [0.1, 0.15) is 33.6 Å². The van der Waals surface area contributed by atoms with Crippen LogP contribution < -0.4 is 0 Å². The minimum atomic E-state index is -1.02. The molecule has 1 atom stereocenters. The van der Waals surface area contributed by atoms with Crippen molar-refractivity contribution in [3.05, 3.63) is 11.4 Å². The van der Waals surface area contributed by atoms with E-state index in [-0.39, 0.29) is 12.8 Å². The highest BCUT2D eigenvalue weighted by molar-refractivity contribution is 5.79. The molecule has 0 aromatic heterocycles. The normalized spacial score (nSPS) is 12.7. The third-order valence-corrected chi connectivity index (χ3v) is 1.47. The number of aliphatic carboxylic acids is 1. The zero-order chi connectivity index (χ0) is 12.1. The molecule has 0 spiro atoms. The number of carboxylic acids is 1. The van der Waals surface area contributed by atoms with Crippen molar-refractivity contribution in [2.45, 2.75) is 45.3 Å². The molecule has 0 bridgehead atoms. The molecule has 5 heteroatoms. The third-order valence-electron chi connectivity index (χ3n) is 1.47. The smallest absolute Gasteiger partial charge is 0.390 e. The summed E-state index contributed by atoms with van der Waals surface area (Å²) in [6, 6.07) is -1.01. The molecule has 0 rings (SSSR count). The Balaban J connectivity index is 4.25. The fourth-order valence-corrected chi connectivity index (χ4v) is 0.865. The fourth-order valence-electron chi connectivity index (χ4n) is 0.865. The van der Waals surface area contributed by atoms with Crippen LogP contribution in [-0.4, -0.2) is 28.7 Å². The quantitative estimate of drug-likeness (QED) is 0.567. The number of hydrogen-bond donors (Lipinski definition) is 1. The molecule has 0 radical (unpaired) electrons. The van der Waals surface area contributed by atoms with Gasteiger partial charge in [0.05, 0.1) is 6.42 Å². The summed E-state index contributed by atoms with van der Waals surface area (Å²) >= 11 is 0. The Morgan fingerprint density at radius 2 is 2.00 bits per heavy atom. The van der Waals surface area contributed by atoms with Gasteiger partial charge in [-0.15, -0.1) is 0 Å². The maximum Gasteiger partial charge on any atom is 0.390 e. The van der Waals surface area contributed by atoms with Gasteiger partial charge in [-0.25, -0.2) is 11.4 Å². The van der Waals surface area contributed by atoms with E-state index in [1.54, 1.807) is 20.8 Å². The van der Waals surface area contributed by atoms with E-state index in [2.05, 4.69) is 4.85 Å². The lowest BCUT2D eigenvalue weighted by molar-refractivity contribution is -0.155. The third kappa shape index (κ3) is 6.49. The van der Waals surface area contributed by atoms with Crippen LogP contribution in [0, 0.1) is 6.57 Å². The lowest BCUT2D eigenvalue weighted by Gasteiger charge is -2.19. The molecular weight excluding hydrogens is 198 g/mol. The second-order valence-corrected chi connectivity index (χ2v) is 4.11. The van der Waals surface area contributed by atoms with E-state index in [0.29, 0.717) is 0 Å². The van der Waals surface area contributed by atoms with Gasteiger partial charge in [0.25, 0.3) is 0 Å². The Kier molecular flexibility index (Phi) is 4.79. The van der Waals surface area contributed by atoms with Crippen LogP contribution in [0.5, 0.6) is 0 Å². The summed E-state index contributed by atoms with van der Waals surface area (Å²) in [5.74, 6) is -1.68. The molecule has 0 aliphatic heterocycles. The zero-order valence-corrected chi connectivity index (χ0v) is 9.11. The van der Waals surface area contributed by atoms with Gasteiger partial charge in [-0.3, -0.25) is 4.79 Å². The maximum atomic E-state index is 11.4. The number of hydrogen-bond acceptors (Lipinski definition) is 3. The predicted octanol–water partition coefficient (Wildman–Crippen LogP) is 1.48. The van der Waals surface area contributed by atoms with Crippen LogP contribution in [-0.2, 0) is 14.3 Å². The largest absolute Gasteiger partial charge is 0.481 e. The van der Waals surface area contributed by atoms with Gasteiger partial charge < -0.3 is 14.7 Å². The summed E-state index contributed by atoms with van der Waals surface area (Å²) in [6.07, 6.45) is -0.208. The first-order valence-corrected chi connectivity index (χ1v) is 4.57. The Morgan fingerprint density at radius 1 is 1.47 bits per heavy atom. The van der Waals surface area contributed by atoms with Crippen molar-refractivity contribution < 1.29 is 19.4 Å². The van der Waals surface area contributed by atoms with Crippen LogP contribution >= 0.6 is 0 Å². The number of rotatable bonds is 4. The van der Waals surface area contributed by atoms with E-state index in [9.17, 15) is 9.59 Å². The second kappa shape index (κ2) is 5.35. The summed E-state index contributed by atoms with van der Waals surface area (Å²) in [6.45, 7) is 11.9. The summed E-state index contributed by atoms with van der Waals surface area (Å²) < 4.78 is 4.98. The molecule has 0 aliphatic carbocycles. The monoisotopic (exact) mass is 213 g/mol. The number of carbonyl (C=O) groups excluding carboxylic acids is 1. The fraction of sp³-hybridized carbons (Fsp3) is 0.700. The predicted molar refractivity (Wildman–Crippen MR) is 53.1 cm³/mol. The maximum absolute atomic E-state index is 11.4. The van der Waals surface area contributed by atoms with Gasteiger partial charge in [-0.05, 0) is 20.8 Å². The minimum absolute atomic E-state index is 0.00620. The number of nitrogens with zero attached hydrogens (tertiary/aromatic N) is 1. The summed E-state index contributed by atoms with van der Waals surface area (Å²) in [7, 11) is 0. The topological polar surface area (TPSA) is 68.0 Å². The first-order valence-electron chi connectivity index (χ1n) is 4.57. The number of carbonyl (C=O) groups is 2. The van der Waals surface area contributed by atoms with Gasteiger partial charge in [0, 0.05) is 6.42 Å². The van der Waals surface area contributed by atoms with Crippen LogP contribution in [0.25, 0.3) is 4.85 Å². The Labute approximate surface area is 88.9 Å². The van der Waals surface area contributed by atoms with Gasteiger partial charge in [-0.2, -0.15) is 0 Å². The van der Waals surface area contributed by atoms with E-state index in [1.165, 1.54) is 0 Å². The zero-order valence-electron chi connectivity index (χ0n) is 9.11. The summed E-state index contributed by atoms with van der Waals surface area (Å²) in [5, 5.41) is 8.42. The standard InChI is InChI=1S/C10H15NO4/c1-10(2,3)15-9(14)7(11-4)5-6-8(12)13/h7H,5-6H2,1-3H3,(H,12,13). The highest BCUT2D eigenvalue weighted by Gasteiger charge is 2.29. The molecule has 0 aromatic carbocycles. The molecule has 0 heterocycles. The SMILES string of the molecule is [C-]#[N+]C(CCC(=O)O)C(=O)OC(C)(C)C. The molecule has 84 valence electrons. The van der Waals surface area contributed by atoms with E-state index in [1.807, 2.05) is 0 Å². The molecular formula is C10H15NO4. The van der Waals surface area contributed by atoms with Crippen LogP contribution in [0.3, 0.4) is 0 Å². The van der Waals surface area contributed by atoms with Gasteiger partial charge in [0.1, 0.15) is 5.60 Å². The number of esters is 1. The number of carboxylic acid groups (broad SMARTS) is 1. The minimum Gasteiger partial charge on any atom is -0.481 e. The molecule has 0 aromatic rings. The lowest BCUT2D eigenvalue weighted by atomic mass is 10.1. The highest BCUT2D eigenvalue weighted by atomic mass is 16.6. The Morgan fingerprint density at radius 3 is 2.33 bits per heavy atom. The first kappa shape index (κ1) is 13.4. The van der Waals surface area contributed by atoms with Gasteiger partial charge in [0.2, 0.25) is 0 Å². The van der Waals surface area contributed by atoms with Crippen LogP contribution in [0.2, 0.25) is 0 Å². The number of ether oxygens (including phenoxy) is 1. The Hall–Kier alpha value is -1.57. The van der Waals surface area contributed by atoms with Crippen molar-refractivity contribution in [2.24, 2.45) is 0 Å². The van der Waals surface area contributed by atoms with Gasteiger partial charge in [0.15, 0.2) is 0 Å². The average molecular weight is 213 g/mol. The molecule has 0 saturated heterocycles. The van der Waals surface area contributed by atoms with Crippen molar-refractivity contribution in [2.75, 3.05) is 0 Å². The highest BCUT2D eigenvalue weighted by Crippen LogP contribution is 2.12. The molecule has 0 saturated carbocycles. The molecule has 5 nitrogen and oxygen atoms in total. The van der Waals surface area contributed by atoms with Crippen molar-refractivity contribution in [3.63, 3.8) is 0 Å². The van der Waals surface area contributed by atoms with Crippen LogP contribution in [0.4, 0.5) is 0 Å². The van der Waals surface area contributed by atoms with E-state index in [0.717, 1.165) is 0 Å². The Bertz CT molecular complexity index is 285. The van der Waals surface area contributed by atoms with Gasteiger partial charge in [-0.1, -0.05) is 0 Å². The van der Waals surface area contributed by atoms with Crippen LogP contribution in [0.15, 0.2) is 0 Å². The second-order valence-electron chi connectivity index (χ2n) is 4.11. The average Bonchev–Trinajstić information content (AvgIpc) is 2.01. The first-order chi connectivity index (χ1) is 6.76.